The number of nitrogens with zero attached hydrogens (tertiary/aromatic N) is 1. The molecule has 1 aliphatic heterocycles. The lowest BCUT2D eigenvalue weighted by molar-refractivity contribution is 0.156. The summed E-state index contributed by atoms with van der Waals surface area (Å²) in [6.45, 7) is 5.44. The first kappa shape index (κ1) is 15.7. The van der Waals surface area contributed by atoms with E-state index in [4.69, 9.17) is 11.6 Å². The fourth-order valence-corrected chi connectivity index (χ4v) is 2.96. The van der Waals surface area contributed by atoms with Crippen molar-refractivity contribution in [2.45, 2.75) is 32.2 Å². The van der Waals surface area contributed by atoms with Crippen LogP contribution in [0.2, 0.25) is 5.02 Å². The quantitative estimate of drug-likeness (QED) is 0.891. The molecule has 1 N–H and O–H groups in total. The van der Waals surface area contributed by atoms with Gasteiger partial charge >= 0.3 is 0 Å². The summed E-state index contributed by atoms with van der Waals surface area (Å²) >= 11 is 5.71. The Labute approximate surface area is 124 Å². The molecule has 5 heteroatoms. The zero-order valence-corrected chi connectivity index (χ0v) is 12.5. The minimum Gasteiger partial charge on any atom is -0.314 e. The minimum atomic E-state index is -0.533. The molecule has 1 aliphatic rings. The molecule has 1 saturated heterocycles. The van der Waals surface area contributed by atoms with Crippen molar-refractivity contribution in [2.75, 3.05) is 26.2 Å². The molecule has 2 nitrogen and oxygen atoms in total. The van der Waals surface area contributed by atoms with E-state index >= 15 is 0 Å². The molecule has 2 rings (SSSR count). The van der Waals surface area contributed by atoms with Crippen molar-refractivity contribution in [1.82, 2.24) is 10.2 Å². The van der Waals surface area contributed by atoms with Crippen LogP contribution < -0.4 is 5.32 Å². The molecule has 20 heavy (non-hydrogen) atoms. The molecular formula is C15H21ClF2N2. The highest BCUT2D eigenvalue weighted by Crippen LogP contribution is 2.32. The summed E-state index contributed by atoms with van der Waals surface area (Å²) in [5, 5.41) is 3.37. The molecule has 1 aromatic carbocycles. The topological polar surface area (TPSA) is 15.3 Å². The van der Waals surface area contributed by atoms with Crippen molar-refractivity contribution in [1.29, 1.82) is 0 Å². The first-order valence-electron chi connectivity index (χ1n) is 7.22. The molecule has 0 bridgehead atoms. The van der Waals surface area contributed by atoms with Gasteiger partial charge in [-0.2, -0.15) is 0 Å². The summed E-state index contributed by atoms with van der Waals surface area (Å²) in [6, 6.07) is 2.22. The summed E-state index contributed by atoms with van der Waals surface area (Å²) in [5.41, 5.74) is 0.171. The maximum atomic E-state index is 14.2. The van der Waals surface area contributed by atoms with Crippen LogP contribution >= 0.6 is 11.6 Å². The molecule has 112 valence electrons. The number of piperazine rings is 1. The molecule has 0 unspecified atom stereocenters. The van der Waals surface area contributed by atoms with Crippen LogP contribution in [-0.4, -0.2) is 31.1 Å². The van der Waals surface area contributed by atoms with Gasteiger partial charge in [0.05, 0.1) is 0 Å². The minimum absolute atomic E-state index is 0.110. The van der Waals surface area contributed by atoms with E-state index < -0.39 is 11.6 Å². The van der Waals surface area contributed by atoms with Crippen LogP contribution in [0.4, 0.5) is 8.78 Å². The smallest absolute Gasteiger partial charge is 0.132 e. The molecule has 1 heterocycles. The van der Waals surface area contributed by atoms with Gasteiger partial charge in [0.25, 0.3) is 0 Å². The SMILES string of the molecule is CCCC[C@H](c1c(F)cc(Cl)cc1F)N1CCNCC1. The van der Waals surface area contributed by atoms with Gasteiger partial charge in [0, 0.05) is 42.8 Å². The number of rotatable bonds is 5. The second-order valence-electron chi connectivity index (χ2n) is 5.23. The zero-order chi connectivity index (χ0) is 14.5. The molecule has 0 amide bonds. The van der Waals surface area contributed by atoms with E-state index in [0.717, 1.165) is 45.4 Å². The number of hydrogen-bond donors (Lipinski definition) is 1. The third-order valence-corrected chi connectivity index (χ3v) is 4.02. The van der Waals surface area contributed by atoms with Gasteiger partial charge in [-0.25, -0.2) is 8.78 Å². The first-order valence-corrected chi connectivity index (χ1v) is 7.60. The van der Waals surface area contributed by atoms with Crippen LogP contribution in [0.25, 0.3) is 0 Å². The normalized spacial score (nSPS) is 18.2. The van der Waals surface area contributed by atoms with Crippen molar-refractivity contribution >= 4 is 11.6 Å². The highest BCUT2D eigenvalue weighted by atomic mass is 35.5. The molecule has 0 aromatic heterocycles. The van der Waals surface area contributed by atoms with E-state index in [1.807, 2.05) is 0 Å². The second-order valence-corrected chi connectivity index (χ2v) is 5.66. The number of nitrogens with one attached hydrogen (secondary N) is 1. The fourth-order valence-electron chi connectivity index (χ4n) is 2.77. The lowest BCUT2D eigenvalue weighted by Gasteiger charge is -2.35. The van der Waals surface area contributed by atoms with Crippen LogP contribution in [0.3, 0.4) is 0 Å². The lowest BCUT2D eigenvalue weighted by Crippen LogP contribution is -2.45. The fraction of sp³-hybridized carbons (Fsp3) is 0.600. The van der Waals surface area contributed by atoms with Crippen molar-refractivity contribution in [2.24, 2.45) is 0 Å². The van der Waals surface area contributed by atoms with Gasteiger partial charge in [-0.15, -0.1) is 0 Å². The van der Waals surface area contributed by atoms with E-state index in [1.54, 1.807) is 0 Å². The average molecular weight is 303 g/mol. The monoisotopic (exact) mass is 302 g/mol. The first-order chi connectivity index (χ1) is 9.63. The predicted octanol–water partition coefficient (Wildman–Crippen LogP) is 3.75. The molecule has 0 radical (unpaired) electrons. The number of hydrogen-bond acceptors (Lipinski definition) is 2. The highest BCUT2D eigenvalue weighted by molar-refractivity contribution is 6.30. The summed E-state index contributed by atoms with van der Waals surface area (Å²) in [6.07, 6.45) is 2.74. The Bertz CT molecular complexity index is 424. The van der Waals surface area contributed by atoms with Crippen LogP contribution in [0, 0.1) is 11.6 Å². The van der Waals surface area contributed by atoms with Crippen molar-refractivity contribution in [3.63, 3.8) is 0 Å². The largest absolute Gasteiger partial charge is 0.314 e. The second kappa shape index (κ2) is 7.34. The third kappa shape index (κ3) is 3.68. The van der Waals surface area contributed by atoms with Gasteiger partial charge in [-0.1, -0.05) is 31.4 Å². The Morgan fingerprint density at radius 3 is 2.40 bits per heavy atom. The van der Waals surface area contributed by atoms with Gasteiger partial charge in [0.2, 0.25) is 0 Å². The summed E-state index contributed by atoms with van der Waals surface area (Å²) < 4.78 is 28.4. The lowest BCUT2D eigenvalue weighted by atomic mass is 9.97. The van der Waals surface area contributed by atoms with Gasteiger partial charge in [0.15, 0.2) is 0 Å². The summed E-state index contributed by atoms with van der Waals surface area (Å²) in [7, 11) is 0. The Morgan fingerprint density at radius 2 is 1.85 bits per heavy atom. The predicted molar refractivity (Wildman–Crippen MR) is 78.1 cm³/mol. The van der Waals surface area contributed by atoms with Crippen LogP contribution in [0.1, 0.15) is 37.8 Å². The molecule has 0 saturated carbocycles. The Hall–Kier alpha value is -0.710. The zero-order valence-electron chi connectivity index (χ0n) is 11.8. The Balaban J connectivity index is 2.29. The van der Waals surface area contributed by atoms with E-state index in [-0.39, 0.29) is 16.6 Å². The highest BCUT2D eigenvalue weighted by Gasteiger charge is 2.27. The van der Waals surface area contributed by atoms with E-state index in [9.17, 15) is 8.78 Å². The van der Waals surface area contributed by atoms with Crippen molar-refractivity contribution in [3.05, 3.63) is 34.4 Å². The van der Waals surface area contributed by atoms with Crippen LogP contribution in [0.5, 0.6) is 0 Å². The maximum Gasteiger partial charge on any atom is 0.132 e. The van der Waals surface area contributed by atoms with Crippen molar-refractivity contribution in [3.8, 4) is 0 Å². The van der Waals surface area contributed by atoms with Crippen LogP contribution in [-0.2, 0) is 0 Å². The van der Waals surface area contributed by atoms with E-state index in [2.05, 4.69) is 17.1 Å². The molecule has 1 atom stereocenters. The molecule has 1 fully saturated rings. The van der Waals surface area contributed by atoms with Crippen LogP contribution in [0.15, 0.2) is 12.1 Å². The number of unbranched alkanes of at least 4 members (excludes halogenated alkanes) is 1. The average Bonchev–Trinajstić information content (AvgIpc) is 2.42. The Morgan fingerprint density at radius 1 is 1.25 bits per heavy atom. The molecule has 1 aromatic rings. The number of halogens is 3. The van der Waals surface area contributed by atoms with Gasteiger partial charge in [-0.05, 0) is 18.6 Å². The van der Waals surface area contributed by atoms with Gasteiger partial charge < -0.3 is 5.32 Å². The standard InChI is InChI=1S/C15H21ClF2N2/c1-2-3-4-14(20-7-5-19-6-8-20)15-12(17)9-11(16)10-13(15)18/h9-10,14,19H,2-8H2,1H3/t14-/m1/s1. The number of benzene rings is 1. The summed E-state index contributed by atoms with van der Waals surface area (Å²) in [5.74, 6) is -1.07. The summed E-state index contributed by atoms with van der Waals surface area (Å²) in [4.78, 5) is 2.17. The van der Waals surface area contributed by atoms with Gasteiger partial charge in [-0.3, -0.25) is 4.90 Å². The molecule has 0 spiro atoms. The van der Waals surface area contributed by atoms with E-state index in [1.165, 1.54) is 12.1 Å². The maximum absolute atomic E-state index is 14.2. The third-order valence-electron chi connectivity index (χ3n) is 3.80. The van der Waals surface area contributed by atoms with Crippen molar-refractivity contribution < 1.29 is 8.78 Å². The molecular weight excluding hydrogens is 282 g/mol. The van der Waals surface area contributed by atoms with E-state index in [0.29, 0.717) is 0 Å². The van der Waals surface area contributed by atoms with Gasteiger partial charge in [0.1, 0.15) is 11.6 Å². The Kier molecular flexibility index (Phi) is 5.75. The molecule has 0 aliphatic carbocycles.